The van der Waals surface area contributed by atoms with Crippen LogP contribution in [0.4, 0.5) is 5.82 Å². The first-order valence-electron chi connectivity index (χ1n) is 7.45. The Bertz CT molecular complexity index is 1000. The average Bonchev–Trinajstić information content (AvgIpc) is 2.97. The van der Waals surface area contributed by atoms with Crippen LogP contribution in [0.25, 0.3) is 0 Å². The maximum absolute atomic E-state index is 12.3. The Labute approximate surface area is 164 Å². The largest absolute Gasteiger partial charge is 0.304 e. The number of hydrogen-bond donors (Lipinski definition) is 1. The zero-order chi connectivity index (χ0) is 18.7. The number of rotatable bonds is 4. The van der Waals surface area contributed by atoms with Gasteiger partial charge in [0.15, 0.2) is 5.82 Å². The van der Waals surface area contributed by atoms with Crippen molar-refractivity contribution in [3.05, 3.63) is 80.4 Å². The minimum Gasteiger partial charge on any atom is -0.304 e. The Morgan fingerprint density at radius 1 is 1.12 bits per heavy atom. The molecule has 1 heterocycles. The predicted molar refractivity (Wildman–Crippen MR) is 102 cm³/mol. The van der Waals surface area contributed by atoms with Gasteiger partial charge in [-0.2, -0.15) is 10.4 Å². The van der Waals surface area contributed by atoms with E-state index in [9.17, 15) is 4.79 Å². The van der Waals surface area contributed by atoms with Crippen molar-refractivity contribution in [2.24, 2.45) is 0 Å². The van der Waals surface area contributed by atoms with Crippen LogP contribution >= 0.6 is 34.8 Å². The molecule has 1 N–H and O–H groups in total. The normalized spacial score (nSPS) is 10.4. The molecule has 8 heteroatoms. The Morgan fingerprint density at radius 3 is 2.50 bits per heavy atom. The van der Waals surface area contributed by atoms with E-state index >= 15 is 0 Å². The summed E-state index contributed by atoms with van der Waals surface area (Å²) in [6.07, 6.45) is 1.57. The number of nitrogens with one attached hydrogen (secondary N) is 1. The maximum atomic E-state index is 12.3. The van der Waals surface area contributed by atoms with Crippen LogP contribution in [0, 0.1) is 11.3 Å². The summed E-state index contributed by atoms with van der Waals surface area (Å²) in [5.41, 5.74) is 1.43. The Kier molecular flexibility index (Phi) is 5.48. The Morgan fingerprint density at radius 2 is 1.81 bits per heavy atom. The molecule has 0 fully saturated rings. The first-order valence-corrected chi connectivity index (χ1v) is 8.58. The second kappa shape index (κ2) is 7.79. The molecule has 0 saturated heterocycles. The number of halogens is 3. The van der Waals surface area contributed by atoms with Crippen molar-refractivity contribution in [1.82, 2.24) is 9.78 Å². The molecule has 130 valence electrons. The number of hydrogen-bond acceptors (Lipinski definition) is 3. The fourth-order valence-corrected chi connectivity index (χ4v) is 3.03. The molecular formula is C18H11Cl3N4O. The van der Waals surface area contributed by atoms with E-state index in [2.05, 4.69) is 10.4 Å². The lowest BCUT2D eigenvalue weighted by atomic mass is 10.1. The first kappa shape index (κ1) is 18.3. The van der Waals surface area contributed by atoms with Crippen molar-refractivity contribution < 1.29 is 4.79 Å². The van der Waals surface area contributed by atoms with Crippen LogP contribution < -0.4 is 5.32 Å². The van der Waals surface area contributed by atoms with Crippen molar-refractivity contribution in [3.8, 4) is 6.07 Å². The molecule has 1 amide bonds. The van der Waals surface area contributed by atoms with Crippen molar-refractivity contribution in [2.45, 2.75) is 6.54 Å². The number of carbonyl (C=O) groups is 1. The molecule has 0 aliphatic rings. The van der Waals surface area contributed by atoms with Gasteiger partial charge in [-0.1, -0.05) is 46.9 Å². The number of carbonyl (C=O) groups excluding carboxylic acids is 1. The van der Waals surface area contributed by atoms with Crippen molar-refractivity contribution in [1.29, 1.82) is 5.26 Å². The molecule has 0 radical (unpaired) electrons. The van der Waals surface area contributed by atoms with Gasteiger partial charge in [0, 0.05) is 27.4 Å². The highest BCUT2D eigenvalue weighted by Gasteiger charge is 2.14. The van der Waals surface area contributed by atoms with Crippen LogP contribution in [0.3, 0.4) is 0 Å². The standard InChI is InChI=1S/C18H11Cl3N4O/c19-14-5-2-6-15(20)13(14)9-25-10-16(21)17(24-25)23-18(26)12-4-1-3-11(7-12)8-22/h1-7,10H,9H2,(H,23,24,26). The minimum absolute atomic E-state index is 0.210. The molecule has 0 saturated carbocycles. The second-order valence-electron chi connectivity index (χ2n) is 5.37. The molecule has 26 heavy (non-hydrogen) atoms. The zero-order valence-electron chi connectivity index (χ0n) is 13.2. The first-order chi connectivity index (χ1) is 12.5. The summed E-state index contributed by atoms with van der Waals surface area (Å²) in [4.78, 5) is 12.3. The van der Waals surface area contributed by atoms with Crippen LogP contribution in [-0.2, 0) is 6.54 Å². The summed E-state index contributed by atoms with van der Waals surface area (Å²) in [7, 11) is 0. The van der Waals surface area contributed by atoms with E-state index in [0.717, 1.165) is 0 Å². The van der Waals surface area contributed by atoms with E-state index in [1.807, 2.05) is 6.07 Å². The van der Waals surface area contributed by atoms with Crippen molar-refractivity contribution >= 4 is 46.5 Å². The van der Waals surface area contributed by atoms with Gasteiger partial charge in [-0.3, -0.25) is 9.48 Å². The van der Waals surface area contributed by atoms with E-state index in [4.69, 9.17) is 40.1 Å². The van der Waals surface area contributed by atoms with E-state index in [1.165, 1.54) is 10.7 Å². The molecule has 0 unspecified atom stereocenters. The molecule has 0 aliphatic carbocycles. The van der Waals surface area contributed by atoms with Gasteiger partial charge in [-0.05, 0) is 30.3 Å². The van der Waals surface area contributed by atoms with Crippen LogP contribution in [0.2, 0.25) is 15.1 Å². The van der Waals surface area contributed by atoms with Gasteiger partial charge in [0.1, 0.15) is 5.02 Å². The minimum atomic E-state index is -0.412. The average molecular weight is 406 g/mol. The lowest BCUT2D eigenvalue weighted by Gasteiger charge is -2.07. The second-order valence-corrected chi connectivity index (χ2v) is 6.59. The summed E-state index contributed by atoms with van der Waals surface area (Å²) in [5, 5.41) is 17.1. The number of anilines is 1. The quantitative estimate of drug-likeness (QED) is 0.663. The van der Waals surface area contributed by atoms with Gasteiger partial charge in [0.25, 0.3) is 5.91 Å². The zero-order valence-corrected chi connectivity index (χ0v) is 15.5. The number of aromatic nitrogens is 2. The van der Waals surface area contributed by atoms with Crippen LogP contribution in [0.1, 0.15) is 21.5 Å². The summed E-state index contributed by atoms with van der Waals surface area (Å²) in [6.45, 7) is 0.304. The summed E-state index contributed by atoms with van der Waals surface area (Å²) < 4.78 is 1.54. The SMILES string of the molecule is N#Cc1cccc(C(=O)Nc2nn(Cc3c(Cl)cccc3Cl)cc2Cl)c1. The molecule has 1 aromatic heterocycles. The number of benzene rings is 2. The number of nitriles is 1. The molecule has 5 nitrogen and oxygen atoms in total. The monoisotopic (exact) mass is 404 g/mol. The van der Waals surface area contributed by atoms with E-state index in [-0.39, 0.29) is 10.8 Å². The molecule has 3 aromatic rings. The van der Waals surface area contributed by atoms with Gasteiger partial charge in [-0.25, -0.2) is 0 Å². The highest BCUT2D eigenvalue weighted by Crippen LogP contribution is 2.27. The number of amides is 1. The lowest BCUT2D eigenvalue weighted by molar-refractivity contribution is 0.102. The highest BCUT2D eigenvalue weighted by atomic mass is 35.5. The fourth-order valence-electron chi connectivity index (χ4n) is 2.32. The van der Waals surface area contributed by atoms with Gasteiger partial charge in [0.2, 0.25) is 0 Å². The van der Waals surface area contributed by atoms with Crippen molar-refractivity contribution in [3.63, 3.8) is 0 Å². The molecular weight excluding hydrogens is 395 g/mol. The van der Waals surface area contributed by atoms with Gasteiger partial charge < -0.3 is 5.32 Å². The molecule has 2 aromatic carbocycles. The molecule has 0 aliphatic heterocycles. The molecule has 0 atom stereocenters. The molecule has 3 rings (SSSR count). The molecule has 0 bridgehead atoms. The fraction of sp³-hybridized carbons (Fsp3) is 0.0556. The smallest absolute Gasteiger partial charge is 0.256 e. The third-order valence-corrected chi connectivity index (χ3v) is 4.57. The summed E-state index contributed by atoms with van der Waals surface area (Å²) in [5.74, 6) is -0.202. The lowest BCUT2D eigenvalue weighted by Crippen LogP contribution is -2.13. The Hall–Kier alpha value is -2.52. The van der Waals surface area contributed by atoms with E-state index in [0.29, 0.717) is 33.3 Å². The van der Waals surface area contributed by atoms with Crippen LogP contribution in [-0.4, -0.2) is 15.7 Å². The molecule has 0 spiro atoms. The van der Waals surface area contributed by atoms with E-state index in [1.54, 1.807) is 42.6 Å². The van der Waals surface area contributed by atoms with E-state index < -0.39 is 5.91 Å². The highest BCUT2D eigenvalue weighted by molar-refractivity contribution is 6.36. The van der Waals surface area contributed by atoms with Gasteiger partial charge in [-0.15, -0.1) is 0 Å². The number of nitrogens with zero attached hydrogens (tertiary/aromatic N) is 3. The van der Waals surface area contributed by atoms with Gasteiger partial charge >= 0.3 is 0 Å². The predicted octanol–water partition coefficient (Wildman–Crippen LogP) is 5.02. The van der Waals surface area contributed by atoms with Gasteiger partial charge in [0.05, 0.1) is 18.2 Å². The topological polar surface area (TPSA) is 70.7 Å². The summed E-state index contributed by atoms with van der Waals surface area (Å²) >= 11 is 18.5. The third-order valence-electron chi connectivity index (χ3n) is 3.58. The summed E-state index contributed by atoms with van der Waals surface area (Å²) in [6, 6.07) is 13.6. The maximum Gasteiger partial charge on any atom is 0.256 e. The Balaban J connectivity index is 1.80. The third kappa shape index (κ3) is 4.00. The van der Waals surface area contributed by atoms with Crippen LogP contribution in [0.5, 0.6) is 0 Å². The van der Waals surface area contributed by atoms with Crippen LogP contribution in [0.15, 0.2) is 48.7 Å². The van der Waals surface area contributed by atoms with Crippen molar-refractivity contribution in [2.75, 3.05) is 5.32 Å².